The van der Waals surface area contributed by atoms with E-state index in [-0.39, 0.29) is 18.2 Å². The highest BCUT2D eigenvalue weighted by Gasteiger charge is 2.26. The van der Waals surface area contributed by atoms with E-state index >= 15 is 0 Å². The Bertz CT molecular complexity index is 1220. The smallest absolute Gasteiger partial charge is 0.333 e. The molecule has 1 aliphatic heterocycles. The van der Waals surface area contributed by atoms with E-state index in [1.54, 1.807) is 0 Å². The Morgan fingerprint density at radius 1 is 1.23 bits per heavy atom. The topological polar surface area (TPSA) is 115 Å². The zero-order valence-corrected chi connectivity index (χ0v) is 17.0. The Morgan fingerprint density at radius 3 is 2.70 bits per heavy atom. The second-order valence-corrected chi connectivity index (χ2v) is 7.71. The number of nitrogens with two attached hydrogens (primary N) is 1. The molecular formula is C21H25N7O2. The fourth-order valence-electron chi connectivity index (χ4n) is 4.09. The molecule has 30 heavy (non-hydrogen) atoms. The van der Waals surface area contributed by atoms with Crippen molar-refractivity contribution in [1.82, 2.24) is 18.7 Å². The van der Waals surface area contributed by atoms with Crippen LogP contribution in [-0.2, 0) is 26.6 Å². The van der Waals surface area contributed by atoms with Crippen molar-refractivity contribution in [2.24, 2.45) is 12.8 Å². The zero-order valence-electron chi connectivity index (χ0n) is 17.0. The normalized spacial score (nSPS) is 16.7. The number of anilines is 1. The average Bonchev–Trinajstić information content (AvgIpc) is 3.14. The van der Waals surface area contributed by atoms with Crippen molar-refractivity contribution in [3.8, 4) is 6.07 Å². The van der Waals surface area contributed by atoms with Crippen LogP contribution in [0.3, 0.4) is 0 Å². The van der Waals surface area contributed by atoms with Crippen molar-refractivity contribution >= 4 is 17.1 Å². The molecule has 1 aliphatic rings. The van der Waals surface area contributed by atoms with Gasteiger partial charge in [0.25, 0.3) is 5.56 Å². The second kappa shape index (κ2) is 8.16. The van der Waals surface area contributed by atoms with Crippen LogP contribution in [0.25, 0.3) is 11.2 Å². The summed E-state index contributed by atoms with van der Waals surface area (Å²) in [5.74, 6) is 0.630. The van der Waals surface area contributed by atoms with Crippen molar-refractivity contribution in [3.63, 3.8) is 0 Å². The molecule has 9 heteroatoms. The fourth-order valence-corrected chi connectivity index (χ4v) is 4.09. The molecule has 3 aromatic rings. The molecule has 2 N–H and O–H groups in total. The van der Waals surface area contributed by atoms with E-state index < -0.39 is 11.2 Å². The highest BCUT2D eigenvalue weighted by molar-refractivity contribution is 5.75. The first kappa shape index (κ1) is 19.9. The summed E-state index contributed by atoms with van der Waals surface area (Å²) in [4.78, 5) is 32.5. The standard InChI is InChI=1S/C21H25N7O2/c1-25-19(29)17-18(28(13-10-22)21(25)30)24-20(26-11-5-8-16(23)14-26)27(17)12-9-15-6-3-2-4-7-15/h2-4,6-7,16H,5,8-9,11-14,23H2,1H3. The number of imidazole rings is 1. The number of piperidine rings is 1. The third-order valence-corrected chi connectivity index (χ3v) is 5.65. The van der Waals surface area contributed by atoms with Gasteiger partial charge in [-0.2, -0.15) is 10.2 Å². The molecule has 9 nitrogen and oxygen atoms in total. The minimum absolute atomic E-state index is 0.0327. The Balaban J connectivity index is 1.90. The van der Waals surface area contributed by atoms with Gasteiger partial charge in [-0.1, -0.05) is 30.3 Å². The molecule has 1 saturated heterocycles. The molecule has 1 fully saturated rings. The molecule has 0 radical (unpaired) electrons. The third kappa shape index (κ3) is 3.50. The molecule has 156 valence electrons. The predicted molar refractivity (Wildman–Crippen MR) is 114 cm³/mol. The Labute approximate surface area is 173 Å². The van der Waals surface area contributed by atoms with Gasteiger partial charge >= 0.3 is 5.69 Å². The van der Waals surface area contributed by atoms with Crippen molar-refractivity contribution in [2.75, 3.05) is 18.0 Å². The Morgan fingerprint density at radius 2 is 2.00 bits per heavy atom. The highest BCUT2D eigenvalue weighted by atomic mass is 16.2. The number of hydrogen-bond donors (Lipinski definition) is 1. The monoisotopic (exact) mass is 407 g/mol. The molecule has 1 unspecified atom stereocenters. The van der Waals surface area contributed by atoms with Gasteiger partial charge in [0.05, 0.1) is 6.07 Å². The number of benzene rings is 1. The van der Waals surface area contributed by atoms with Crippen LogP contribution in [0.2, 0.25) is 0 Å². The number of aryl methyl sites for hydroxylation is 2. The van der Waals surface area contributed by atoms with Gasteiger partial charge in [0, 0.05) is 32.7 Å². The van der Waals surface area contributed by atoms with Gasteiger partial charge in [-0.25, -0.2) is 4.79 Å². The van der Waals surface area contributed by atoms with Gasteiger partial charge in [-0.05, 0) is 24.8 Å². The summed E-state index contributed by atoms with van der Waals surface area (Å²) >= 11 is 0. The maximum Gasteiger partial charge on any atom is 0.333 e. The van der Waals surface area contributed by atoms with Gasteiger partial charge in [-0.15, -0.1) is 0 Å². The Hall–Kier alpha value is -3.38. The summed E-state index contributed by atoms with van der Waals surface area (Å²) in [5.41, 5.74) is 6.98. The molecular weight excluding hydrogens is 382 g/mol. The van der Waals surface area contributed by atoms with Crippen molar-refractivity contribution in [1.29, 1.82) is 5.26 Å². The van der Waals surface area contributed by atoms with Crippen LogP contribution in [-0.4, -0.2) is 37.8 Å². The van der Waals surface area contributed by atoms with Crippen LogP contribution in [0.4, 0.5) is 5.95 Å². The van der Waals surface area contributed by atoms with E-state index in [0.717, 1.165) is 29.5 Å². The third-order valence-electron chi connectivity index (χ3n) is 5.65. The SMILES string of the molecule is Cn1c(=O)c2c(nc(N3CCCC(N)C3)n2CCc2ccccc2)n(CC#N)c1=O. The van der Waals surface area contributed by atoms with Crippen LogP contribution in [0.5, 0.6) is 0 Å². The average molecular weight is 407 g/mol. The van der Waals surface area contributed by atoms with E-state index in [2.05, 4.69) is 4.90 Å². The molecule has 0 spiro atoms. The predicted octanol–water partition coefficient (Wildman–Crippen LogP) is 0.590. The summed E-state index contributed by atoms with van der Waals surface area (Å²) < 4.78 is 4.20. The summed E-state index contributed by atoms with van der Waals surface area (Å²) in [7, 11) is 1.43. The van der Waals surface area contributed by atoms with Crippen LogP contribution >= 0.6 is 0 Å². The second-order valence-electron chi connectivity index (χ2n) is 7.71. The van der Waals surface area contributed by atoms with E-state index in [0.29, 0.717) is 31.0 Å². The number of aromatic nitrogens is 4. The van der Waals surface area contributed by atoms with Gasteiger partial charge in [0.2, 0.25) is 5.95 Å². The van der Waals surface area contributed by atoms with Crippen molar-refractivity contribution < 1.29 is 0 Å². The summed E-state index contributed by atoms with van der Waals surface area (Å²) in [5, 5.41) is 9.22. The van der Waals surface area contributed by atoms with Gasteiger partial charge in [0.1, 0.15) is 6.54 Å². The lowest BCUT2D eigenvalue weighted by molar-refractivity contribution is 0.493. The molecule has 1 atom stereocenters. The van der Waals surface area contributed by atoms with Crippen molar-refractivity contribution in [2.45, 2.75) is 38.4 Å². The molecule has 0 amide bonds. The summed E-state index contributed by atoms with van der Waals surface area (Å²) in [6.45, 7) is 1.78. The van der Waals surface area contributed by atoms with Gasteiger partial charge < -0.3 is 15.2 Å². The first-order valence-electron chi connectivity index (χ1n) is 10.1. The number of nitriles is 1. The number of fused-ring (bicyclic) bond motifs is 1. The number of nitrogens with zero attached hydrogens (tertiary/aromatic N) is 6. The molecule has 4 rings (SSSR count). The first-order valence-corrected chi connectivity index (χ1v) is 10.1. The fraction of sp³-hybridized carbons (Fsp3) is 0.429. The van der Waals surface area contributed by atoms with E-state index in [9.17, 15) is 14.9 Å². The van der Waals surface area contributed by atoms with Crippen LogP contribution in [0.1, 0.15) is 18.4 Å². The van der Waals surface area contributed by atoms with Crippen LogP contribution < -0.4 is 21.9 Å². The highest BCUT2D eigenvalue weighted by Crippen LogP contribution is 2.23. The lowest BCUT2D eigenvalue weighted by Crippen LogP contribution is -2.44. The number of rotatable bonds is 5. The maximum atomic E-state index is 13.1. The molecule has 2 aromatic heterocycles. The lowest BCUT2D eigenvalue weighted by atomic mass is 10.1. The number of hydrogen-bond acceptors (Lipinski definition) is 6. The largest absolute Gasteiger partial charge is 0.341 e. The summed E-state index contributed by atoms with van der Waals surface area (Å²) in [6, 6.07) is 12.0. The van der Waals surface area contributed by atoms with E-state index in [4.69, 9.17) is 10.7 Å². The Kier molecular flexibility index (Phi) is 5.42. The van der Waals surface area contributed by atoms with Crippen LogP contribution in [0, 0.1) is 11.3 Å². The molecule has 0 aliphatic carbocycles. The van der Waals surface area contributed by atoms with E-state index in [1.165, 1.54) is 11.6 Å². The molecule has 0 bridgehead atoms. The lowest BCUT2D eigenvalue weighted by Gasteiger charge is -2.31. The van der Waals surface area contributed by atoms with Gasteiger partial charge in [0.15, 0.2) is 11.2 Å². The minimum atomic E-state index is -0.538. The molecule has 3 heterocycles. The summed E-state index contributed by atoms with van der Waals surface area (Å²) in [6.07, 6.45) is 2.59. The first-order chi connectivity index (χ1) is 14.5. The maximum absolute atomic E-state index is 13.1. The van der Waals surface area contributed by atoms with Crippen molar-refractivity contribution in [3.05, 3.63) is 56.7 Å². The van der Waals surface area contributed by atoms with Crippen LogP contribution in [0.15, 0.2) is 39.9 Å². The van der Waals surface area contributed by atoms with E-state index in [1.807, 2.05) is 41.0 Å². The molecule has 0 saturated carbocycles. The molecule has 1 aromatic carbocycles. The zero-order chi connectivity index (χ0) is 21.3. The quantitative estimate of drug-likeness (QED) is 0.662. The minimum Gasteiger partial charge on any atom is -0.341 e. The van der Waals surface area contributed by atoms with Gasteiger partial charge in [-0.3, -0.25) is 13.9 Å².